The van der Waals surface area contributed by atoms with Gasteiger partial charge in [0.25, 0.3) is 0 Å². The van der Waals surface area contributed by atoms with Crippen molar-refractivity contribution in [2.24, 2.45) is 7.05 Å². The zero-order valence-electron chi connectivity index (χ0n) is 9.19. The lowest BCUT2D eigenvalue weighted by atomic mass is 10.1. The number of nitrogens with one attached hydrogen (secondary N) is 1. The van der Waals surface area contributed by atoms with E-state index in [9.17, 15) is 0 Å². The molecule has 3 rings (SSSR count). The van der Waals surface area contributed by atoms with Gasteiger partial charge in [-0.25, -0.2) is 0 Å². The standard InChI is InChI=1S/C11H18N4/c1-14-8-9(7-12-14)13-10-4-6-15-5-2-3-11(10)15/h7-8,10-11,13H,2-6H2,1H3. The highest BCUT2D eigenvalue weighted by Gasteiger charge is 2.36. The fourth-order valence-electron chi connectivity index (χ4n) is 2.96. The first-order valence-corrected chi connectivity index (χ1v) is 5.82. The molecule has 0 bridgehead atoms. The first-order chi connectivity index (χ1) is 7.33. The Labute approximate surface area is 90.3 Å². The van der Waals surface area contributed by atoms with Crippen LogP contribution in [0.25, 0.3) is 0 Å². The molecule has 2 aliphatic rings. The summed E-state index contributed by atoms with van der Waals surface area (Å²) in [5.74, 6) is 0. The molecule has 2 unspecified atom stereocenters. The summed E-state index contributed by atoms with van der Waals surface area (Å²) < 4.78 is 1.85. The Balaban J connectivity index is 1.68. The van der Waals surface area contributed by atoms with Crippen LogP contribution in [-0.2, 0) is 7.05 Å². The summed E-state index contributed by atoms with van der Waals surface area (Å²) in [4.78, 5) is 2.62. The van der Waals surface area contributed by atoms with E-state index in [4.69, 9.17) is 0 Å². The largest absolute Gasteiger partial charge is 0.378 e. The van der Waals surface area contributed by atoms with Crippen LogP contribution >= 0.6 is 0 Å². The molecule has 82 valence electrons. The third kappa shape index (κ3) is 1.63. The highest BCUT2D eigenvalue weighted by Crippen LogP contribution is 2.29. The number of hydrogen-bond donors (Lipinski definition) is 1. The molecule has 15 heavy (non-hydrogen) atoms. The van der Waals surface area contributed by atoms with Crippen LogP contribution in [0.3, 0.4) is 0 Å². The van der Waals surface area contributed by atoms with Gasteiger partial charge < -0.3 is 5.32 Å². The Kier molecular flexibility index (Phi) is 2.16. The number of nitrogens with zero attached hydrogens (tertiary/aromatic N) is 3. The summed E-state index contributed by atoms with van der Waals surface area (Å²) in [7, 11) is 1.96. The Hall–Kier alpha value is -1.03. The van der Waals surface area contributed by atoms with Crippen LogP contribution in [0.1, 0.15) is 19.3 Å². The van der Waals surface area contributed by atoms with Gasteiger partial charge in [0, 0.05) is 31.9 Å². The van der Waals surface area contributed by atoms with E-state index in [2.05, 4.69) is 21.5 Å². The normalized spacial score (nSPS) is 30.7. The molecule has 1 aromatic heterocycles. The molecule has 4 nitrogen and oxygen atoms in total. The summed E-state index contributed by atoms with van der Waals surface area (Å²) in [5, 5.41) is 7.79. The molecular weight excluding hydrogens is 188 g/mol. The number of fused-ring (bicyclic) bond motifs is 1. The van der Waals surface area contributed by atoms with Gasteiger partial charge in [-0.15, -0.1) is 0 Å². The molecule has 2 aliphatic heterocycles. The zero-order valence-corrected chi connectivity index (χ0v) is 9.19. The smallest absolute Gasteiger partial charge is 0.0729 e. The second-order valence-corrected chi connectivity index (χ2v) is 4.69. The maximum absolute atomic E-state index is 4.18. The summed E-state index contributed by atoms with van der Waals surface area (Å²) in [6.07, 6.45) is 7.97. The quantitative estimate of drug-likeness (QED) is 0.785. The number of hydrogen-bond acceptors (Lipinski definition) is 3. The molecule has 0 spiro atoms. The molecule has 2 fully saturated rings. The van der Waals surface area contributed by atoms with Crippen molar-refractivity contribution in [1.29, 1.82) is 0 Å². The van der Waals surface area contributed by atoms with E-state index in [1.54, 1.807) is 0 Å². The molecule has 1 aromatic rings. The van der Waals surface area contributed by atoms with Gasteiger partial charge in [0.15, 0.2) is 0 Å². The van der Waals surface area contributed by atoms with E-state index in [0.29, 0.717) is 6.04 Å². The fourth-order valence-corrected chi connectivity index (χ4v) is 2.96. The number of anilines is 1. The lowest BCUT2D eigenvalue weighted by Crippen LogP contribution is -2.33. The second-order valence-electron chi connectivity index (χ2n) is 4.69. The van der Waals surface area contributed by atoms with Gasteiger partial charge in [-0.2, -0.15) is 5.10 Å². The van der Waals surface area contributed by atoms with E-state index in [1.807, 2.05) is 17.9 Å². The molecule has 0 amide bonds. The average Bonchev–Trinajstić information content (AvgIpc) is 2.85. The molecule has 0 aromatic carbocycles. The highest BCUT2D eigenvalue weighted by molar-refractivity contribution is 5.40. The molecular formula is C11H18N4. The van der Waals surface area contributed by atoms with Crippen molar-refractivity contribution in [2.45, 2.75) is 31.3 Å². The monoisotopic (exact) mass is 206 g/mol. The van der Waals surface area contributed by atoms with E-state index < -0.39 is 0 Å². The number of rotatable bonds is 2. The van der Waals surface area contributed by atoms with Crippen LogP contribution < -0.4 is 5.32 Å². The van der Waals surface area contributed by atoms with E-state index >= 15 is 0 Å². The molecule has 4 heteroatoms. The van der Waals surface area contributed by atoms with Gasteiger partial charge in [-0.3, -0.25) is 9.58 Å². The second kappa shape index (κ2) is 3.52. The van der Waals surface area contributed by atoms with E-state index in [0.717, 1.165) is 11.7 Å². The van der Waals surface area contributed by atoms with Crippen LogP contribution in [-0.4, -0.2) is 39.9 Å². The molecule has 0 radical (unpaired) electrons. The maximum atomic E-state index is 4.18. The molecule has 2 atom stereocenters. The Morgan fingerprint density at radius 3 is 3.13 bits per heavy atom. The zero-order chi connectivity index (χ0) is 10.3. The van der Waals surface area contributed by atoms with Crippen LogP contribution in [0.5, 0.6) is 0 Å². The summed E-state index contributed by atoms with van der Waals surface area (Å²) in [5.41, 5.74) is 1.16. The predicted octanol–water partition coefficient (Wildman–Crippen LogP) is 1.07. The first-order valence-electron chi connectivity index (χ1n) is 5.82. The Bertz CT molecular complexity index is 346. The number of aromatic nitrogens is 2. The average molecular weight is 206 g/mol. The van der Waals surface area contributed by atoms with Crippen molar-refractivity contribution in [3.8, 4) is 0 Å². The lowest BCUT2D eigenvalue weighted by Gasteiger charge is -2.21. The molecule has 3 heterocycles. The van der Waals surface area contributed by atoms with Crippen molar-refractivity contribution in [1.82, 2.24) is 14.7 Å². The third-order valence-corrected chi connectivity index (χ3v) is 3.66. The van der Waals surface area contributed by atoms with Gasteiger partial charge in [0.1, 0.15) is 0 Å². The Morgan fingerprint density at radius 1 is 1.40 bits per heavy atom. The maximum Gasteiger partial charge on any atom is 0.0729 e. The molecule has 0 aliphatic carbocycles. The van der Waals surface area contributed by atoms with Gasteiger partial charge in [0.2, 0.25) is 0 Å². The fraction of sp³-hybridized carbons (Fsp3) is 0.727. The number of aryl methyl sites for hydroxylation is 1. The van der Waals surface area contributed by atoms with Crippen LogP contribution in [0.15, 0.2) is 12.4 Å². The van der Waals surface area contributed by atoms with Crippen LogP contribution in [0.4, 0.5) is 5.69 Å². The van der Waals surface area contributed by atoms with Crippen molar-refractivity contribution in [3.63, 3.8) is 0 Å². The van der Waals surface area contributed by atoms with E-state index in [1.165, 1.54) is 32.4 Å². The molecule has 1 N–H and O–H groups in total. The van der Waals surface area contributed by atoms with E-state index in [-0.39, 0.29) is 0 Å². The summed E-state index contributed by atoms with van der Waals surface area (Å²) >= 11 is 0. The van der Waals surface area contributed by atoms with Crippen molar-refractivity contribution in [3.05, 3.63) is 12.4 Å². The minimum absolute atomic E-state index is 0.636. The third-order valence-electron chi connectivity index (χ3n) is 3.66. The first kappa shape index (κ1) is 9.21. The van der Waals surface area contributed by atoms with Gasteiger partial charge in [-0.1, -0.05) is 0 Å². The Morgan fingerprint density at radius 2 is 2.33 bits per heavy atom. The SMILES string of the molecule is Cn1cc(NC2CCN3CCCC23)cn1. The van der Waals surface area contributed by atoms with Crippen molar-refractivity contribution in [2.75, 3.05) is 18.4 Å². The van der Waals surface area contributed by atoms with Crippen molar-refractivity contribution < 1.29 is 0 Å². The topological polar surface area (TPSA) is 33.1 Å². The van der Waals surface area contributed by atoms with Crippen molar-refractivity contribution >= 4 is 5.69 Å². The van der Waals surface area contributed by atoms with Gasteiger partial charge in [0.05, 0.1) is 11.9 Å². The lowest BCUT2D eigenvalue weighted by molar-refractivity contribution is 0.318. The minimum atomic E-state index is 0.636. The van der Waals surface area contributed by atoms with Crippen LogP contribution in [0.2, 0.25) is 0 Å². The van der Waals surface area contributed by atoms with Gasteiger partial charge >= 0.3 is 0 Å². The van der Waals surface area contributed by atoms with Gasteiger partial charge in [-0.05, 0) is 25.8 Å². The summed E-state index contributed by atoms with van der Waals surface area (Å²) in [6.45, 7) is 2.57. The minimum Gasteiger partial charge on any atom is -0.378 e. The van der Waals surface area contributed by atoms with Crippen LogP contribution in [0, 0.1) is 0 Å². The highest BCUT2D eigenvalue weighted by atomic mass is 15.3. The molecule has 2 saturated heterocycles. The predicted molar refractivity (Wildman–Crippen MR) is 59.8 cm³/mol. The summed E-state index contributed by atoms with van der Waals surface area (Å²) in [6, 6.07) is 1.40. The molecule has 0 saturated carbocycles.